The lowest BCUT2D eigenvalue weighted by Gasteiger charge is -2.16. The first kappa shape index (κ1) is 13.7. The number of carbonyl (C=O) groups is 1. The largest absolute Gasteiger partial charge is 0.287 e. The highest BCUT2D eigenvalue weighted by atomic mass is 32.1. The summed E-state index contributed by atoms with van der Waals surface area (Å²) in [6.45, 7) is 5.67. The average molecular weight is 282 g/mol. The molecular formula is C13H12F2N2OS. The molecule has 0 aliphatic heterocycles. The van der Waals surface area contributed by atoms with Crippen LogP contribution in [-0.4, -0.2) is 15.4 Å². The van der Waals surface area contributed by atoms with Crippen molar-refractivity contribution in [1.29, 1.82) is 0 Å². The molecule has 1 aromatic heterocycles. The number of rotatable bonds is 2. The molecule has 0 unspecified atom stereocenters. The second kappa shape index (κ2) is 4.77. The molecule has 0 bridgehead atoms. The molecule has 0 spiro atoms. The molecule has 100 valence electrons. The van der Waals surface area contributed by atoms with Crippen molar-refractivity contribution in [2.45, 2.75) is 26.2 Å². The van der Waals surface area contributed by atoms with Crippen LogP contribution in [0.15, 0.2) is 18.2 Å². The number of halogens is 2. The van der Waals surface area contributed by atoms with Crippen molar-refractivity contribution in [3.8, 4) is 0 Å². The van der Waals surface area contributed by atoms with Crippen LogP contribution in [0.3, 0.4) is 0 Å². The van der Waals surface area contributed by atoms with Crippen molar-refractivity contribution >= 4 is 17.3 Å². The summed E-state index contributed by atoms with van der Waals surface area (Å²) in [6, 6.07) is 2.89. The molecule has 0 saturated carbocycles. The van der Waals surface area contributed by atoms with E-state index in [9.17, 15) is 13.6 Å². The molecule has 0 aliphatic rings. The van der Waals surface area contributed by atoms with Crippen LogP contribution in [0.25, 0.3) is 0 Å². The lowest BCUT2D eigenvalue weighted by Crippen LogP contribution is -2.17. The summed E-state index contributed by atoms with van der Waals surface area (Å²) in [7, 11) is 0. The smallest absolute Gasteiger partial charge is 0.209 e. The third kappa shape index (κ3) is 2.68. The minimum absolute atomic E-state index is 0.169. The van der Waals surface area contributed by atoms with Crippen molar-refractivity contribution < 1.29 is 13.6 Å². The molecule has 2 rings (SSSR count). The third-order valence-corrected chi connectivity index (χ3v) is 3.31. The first-order valence-corrected chi connectivity index (χ1v) is 6.40. The molecule has 0 radical (unpaired) electrons. The number of carbonyl (C=O) groups excluding carboxylic acids is 1. The van der Waals surface area contributed by atoms with Gasteiger partial charge in [-0.3, -0.25) is 4.79 Å². The average Bonchev–Trinajstić information content (AvgIpc) is 2.76. The molecule has 1 heterocycles. The van der Waals surface area contributed by atoms with Gasteiger partial charge in [0.15, 0.2) is 0 Å². The topological polar surface area (TPSA) is 42.9 Å². The van der Waals surface area contributed by atoms with Crippen LogP contribution in [0.1, 0.15) is 41.7 Å². The van der Waals surface area contributed by atoms with Gasteiger partial charge in [-0.25, -0.2) is 8.78 Å². The van der Waals surface area contributed by atoms with E-state index >= 15 is 0 Å². The molecule has 0 N–H and O–H groups in total. The Morgan fingerprint density at radius 3 is 2.53 bits per heavy atom. The Hall–Kier alpha value is -1.69. The second-order valence-corrected chi connectivity index (χ2v) is 5.91. The van der Waals surface area contributed by atoms with E-state index in [0.29, 0.717) is 11.8 Å². The standard InChI is InChI=1S/C13H12F2N2OS/c1-13(2,3)12-11(19-17-16-12)10(18)8-5-4-7(14)6-9(8)15/h4-6H,1-3H3. The fourth-order valence-corrected chi connectivity index (χ4v) is 2.46. The molecule has 0 aliphatic carbocycles. The Bertz CT molecular complexity index is 632. The lowest BCUT2D eigenvalue weighted by atomic mass is 9.90. The zero-order chi connectivity index (χ0) is 14.2. The van der Waals surface area contributed by atoms with Crippen LogP contribution in [-0.2, 0) is 5.41 Å². The van der Waals surface area contributed by atoms with Crippen molar-refractivity contribution in [3.05, 3.63) is 46.0 Å². The first-order chi connectivity index (χ1) is 8.80. The van der Waals surface area contributed by atoms with Gasteiger partial charge in [0.1, 0.15) is 16.5 Å². The Morgan fingerprint density at radius 2 is 1.95 bits per heavy atom. The van der Waals surface area contributed by atoms with Gasteiger partial charge in [-0.1, -0.05) is 25.3 Å². The van der Waals surface area contributed by atoms with Crippen LogP contribution < -0.4 is 0 Å². The summed E-state index contributed by atoms with van der Waals surface area (Å²) in [5.74, 6) is -2.11. The molecule has 2 aromatic rings. The molecule has 6 heteroatoms. The number of hydrogen-bond acceptors (Lipinski definition) is 4. The van der Waals surface area contributed by atoms with Crippen LogP contribution in [0.5, 0.6) is 0 Å². The van der Waals surface area contributed by atoms with Crippen LogP contribution >= 0.6 is 11.5 Å². The zero-order valence-corrected chi connectivity index (χ0v) is 11.5. The quantitative estimate of drug-likeness (QED) is 0.793. The van der Waals surface area contributed by atoms with E-state index in [1.165, 1.54) is 0 Å². The van der Waals surface area contributed by atoms with Gasteiger partial charge in [-0.15, -0.1) is 5.10 Å². The van der Waals surface area contributed by atoms with E-state index < -0.39 is 17.4 Å². The van der Waals surface area contributed by atoms with E-state index in [1.54, 1.807) is 0 Å². The maximum Gasteiger partial charge on any atom is 0.209 e. The van der Waals surface area contributed by atoms with Gasteiger partial charge in [-0.2, -0.15) is 0 Å². The van der Waals surface area contributed by atoms with Crippen molar-refractivity contribution in [2.24, 2.45) is 0 Å². The van der Waals surface area contributed by atoms with Gasteiger partial charge >= 0.3 is 0 Å². The molecule has 0 amide bonds. The van der Waals surface area contributed by atoms with Gasteiger partial charge < -0.3 is 0 Å². The van der Waals surface area contributed by atoms with E-state index in [1.807, 2.05) is 20.8 Å². The maximum atomic E-state index is 13.6. The van der Waals surface area contributed by atoms with Gasteiger partial charge in [0.05, 0.1) is 11.3 Å². The highest BCUT2D eigenvalue weighted by Crippen LogP contribution is 2.28. The molecule has 1 aromatic carbocycles. The SMILES string of the molecule is CC(C)(C)c1nnsc1C(=O)c1ccc(F)cc1F. The van der Waals surface area contributed by atoms with Gasteiger partial charge in [0.2, 0.25) is 5.78 Å². The predicted molar refractivity (Wildman–Crippen MR) is 68.4 cm³/mol. The lowest BCUT2D eigenvalue weighted by molar-refractivity contribution is 0.103. The van der Waals surface area contributed by atoms with E-state index in [4.69, 9.17) is 0 Å². The van der Waals surface area contributed by atoms with Gasteiger partial charge in [-0.05, 0) is 23.7 Å². The van der Waals surface area contributed by atoms with Gasteiger partial charge in [0.25, 0.3) is 0 Å². The highest BCUT2D eigenvalue weighted by molar-refractivity contribution is 7.08. The molecular weight excluding hydrogens is 270 g/mol. The normalized spacial score (nSPS) is 11.6. The third-order valence-electron chi connectivity index (χ3n) is 2.58. The highest BCUT2D eigenvalue weighted by Gasteiger charge is 2.28. The zero-order valence-electron chi connectivity index (χ0n) is 10.7. The minimum Gasteiger partial charge on any atom is -0.287 e. The molecule has 19 heavy (non-hydrogen) atoms. The van der Waals surface area contributed by atoms with E-state index in [0.717, 1.165) is 23.7 Å². The van der Waals surface area contributed by atoms with Crippen LogP contribution in [0.4, 0.5) is 8.78 Å². The van der Waals surface area contributed by atoms with Crippen LogP contribution in [0, 0.1) is 11.6 Å². The fourth-order valence-electron chi connectivity index (χ4n) is 1.63. The number of hydrogen-bond donors (Lipinski definition) is 0. The summed E-state index contributed by atoms with van der Waals surface area (Å²) < 4.78 is 30.2. The maximum absolute atomic E-state index is 13.6. The Labute approximate surface area is 113 Å². The van der Waals surface area contributed by atoms with Crippen molar-refractivity contribution in [2.75, 3.05) is 0 Å². The molecule has 3 nitrogen and oxygen atoms in total. The summed E-state index contributed by atoms with van der Waals surface area (Å²) in [5, 5.41) is 3.93. The molecule has 0 saturated heterocycles. The minimum atomic E-state index is -0.877. The Kier molecular flexibility index (Phi) is 3.45. The number of aromatic nitrogens is 2. The Morgan fingerprint density at radius 1 is 1.26 bits per heavy atom. The van der Waals surface area contributed by atoms with Crippen LogP contribution in [0.2, 0.25) is 0 Å². The summed E-state index contributed by atoms with van der Waals surface area (Å²) >= 11 is 0.921. The monoisotopic (exact) mass is 282 g/mol. The fraction of sp³-hybridized carbons (Fsp3) is 0.308. The number of nitrogens with zero attached hydrogens (tertiary/aromatic N) is 2. The summed E-state index contributed by atoms with van der Waals surface area (Å²) in [4.78, 5) is 12.6. The van der Waals surface area contributed by atoms with Crippen molar-refractivity contribution in [1.82, 2.24) is 9.59 Å². The second-order valence-electron chi connectivity index (χ2n) is 5.15. The van der Waals surface area contributed by atoms with Crippen molar-refractivity contribution in [3.63, 3.8) is 0 Å². The van der Waals surface area contributed by atoms with Gasteiger partial charge in [0, 0.05) is 11.5 Å². The Balaban J connectivity index is 2.48. The number of benzene rings is 1. The predicted octanol–water partition coefficient (Wildman–Crippen LogP) is 3.34. The molecule has 0 atom stereocenters. The number of ketones is 1. The first-order valence-electron chi connectivity index (χ1n) is 5.63. The molecule has 0 fully saturated rings. The summed E-state index contributed by atoms with van der Waals surface area (Å²) in [6.07, 6.45) is 0. The van der Waals surface area contributed by atoms with E-state index in [-0.39, 0.29) is 15.9 Å². The summed E-state index contributed by atoms with van der Waals surface area (Å²) in [5.41, 5.74) is -0.0155. The van der Waals surface area contributed by atoms with E-state index in [2.05, 4.69) is 9.59 Å².